The molecule has 4 atom stereocenters. The number of benzene rings is 2. The zero-order valence-corrected chi connectivity index (χ0v) is 21.2. The standard InChI is InChI=1S/C26H31N3O5Si/c1-16-24(35(2,3)33)22(13-14-30)34-26(16)19-15-18(9-10-21(19)27-25(26)32)29-23(31)12-11-20(28-29)17-7-5-4-6-8-17/h4-10,15-16,22,24,30,33H,11-14H2,1-3H3,(H,27,32)/t16-,22+,24-,26+/m1/s1. The molecule has 2 aromatic rings. The predicted molar refractivity (Wildman–Crippen MR) is 136 cm³/mol. The Hall–Kier alpha value is -2.85. The average Bonchev–Trinajstić information content (AvgIpc) is 3.28. The second-order valence-electron chi connectivity index (χ2n) is 10.2. The third-order valence-corrected chi connectivity index (χ3v) is 10.0. The number of carbonyl (C=O) groups excluding carboxylic acids is 2. The molecular formula is C26H31N3O5Si. The predicted octanol–water partition coefficient (Wildman–Crippen LogP) is 3.35. The highest BCUT2D eigenvalue weighted by atomic mass is 28.4. The highest BCUT2D eigenvalue weighted by Gasteiger charge is 2.64. The highest BCUT2D eigenvalue weighted by Crippen LogP contribution is 2.58. The van der Waals surface area contributed by atoms with E-state index in [9.17, 15) is 19.5 Å². The van der Waals surface area contributed by atoms with Crippen molar-refractivity contribution >= 4 is 37.2 Å². The van der Waals surface area contributed by atoms with E-state index in [1.54, 1.807) is 12.1 Å². The number of carbonyl (C=O) groups is 2. The van der Waals surface area contributed by atoms with E-state index in [-0.39, 0.29) is 29.9 Å². The monoisotopic (exact) mass is 493 g/mol. The lowest BCUT2D eigenvalue weighted by Crippen LogP contribution is -2.43. The van der Waals surface area contributed by atoms with Gasteiger partial charge in [0.15, 0.2) is 13.9 Å². The zero-order chi connectivity index (χ0) is 25.0. The molecular weight excluding hydrogens is 462 g/mol. The summed E-state index contributed by atoms with van der Waals surface area (Å²) in [5, 5.41) is 18.7. The Morgan fingerprint density at radius 1 is 1.17 bits per heavy atom. The third-order valence-electron chi connectivity index (χ3n) is 7.52. The number of ether oxygens (including phenoxy) is 1. The van der Waals surface area contributed by atoms with Crippen molar-refractivity contribution in [3.05, 3.63) is 59.7 Å². The molecule has 1 fully saturated rings. The normalized spacial score (nSPS) is 28.3. The van der Waals surface area contributed by atoms with Crippen LogP contribution in [0.15, 0.2) is 53.6 Å². The molecule has 3 aliphatic rings. The number of rotatable bonds is 5. The molecule has 3 aliphatic heterocycles. The van der Waals surface area contributed by atoms with Crippen molar-refractivity contribution in [2.45, 2.75) is 56.5 Å². The van der Waals surface area contributed by atoms with Gasteiger partial charge in [0.25, 0.3) is 5.91 Å². The molecule has 8 nitrogen and oxygen atoms in total. The van der Waals surface area contributed by atoms with E-state index in [1.807, 2.05) is 56.4 Å². The molecule has 184 valence electrons. The number of nitrogens with one attached hydrogen (secondary N) is 1. The molecule has 2 aromatic carbocycles. The number of anilines is 2. The summed E-state index contributed by atoms with van der Waals surface area (Å²) < 4.78 is 6.46. The summed E-state index contributed by atoms with van der Waals surface area (Å²) in [4.78, 5) is 37.4. The quantitative estimate of drug-likeness (QED) is 0.553. The van der Waals surface area contributed by atoms with Crippen molar-refractivity contribution in [3.8, 4) is 0 Å². The highest BCUT2D eigenvalue weighted by molar-refractivity contribution is 6.71. The fourth-order valence-corrected chi connectivity index (χ4v) is 8.61. The summed E-state index contributed by atoms with van der Waals surface area (Å²) >= 11 is 0. The Kier molecular flexibility index (Phi) is 5.91. The van der Waals surface area contributed by atoms with Crippen LogP contribution in [0.4, 0.5) is 11.4 Å². The van der Waals surface area contributed by atoms with Crippen molar-refractivity contribution in [2.24, 2.45) is 11.0 Å². The topological polar surface area (TPSA) is 111 Å². The van der Waals surface area contributed by atoms with E-state index >= 15 is 0 Å². The molecule has 5 rings (SSSR count). The lowest BCUT2D eigenvalue weighted by molar-refractivity contribution is -0.143. The lowest BCUT2D eigenvalue weighted by Gasteiger charge is -2.32. The summed E-state index contributed by atoms with van der Waals surface area (Å²) in [6, 6.07) is 15.1. The second-order valence-corrected chi connectivity index (χ2v) is 14.1. The Morgan fingerprint density at radius 3 is 2.60 bits per heavy atom. The van der Waals surface area contributed by atoms with Gasteiger partial charge in [-0.3, -0.25) is 9.59 Å². The van der Waals surface area contributed by atoms with Crippen molar-refractivity contribution < 1.29 is 24.2 Å². The summed E-state index contributed by atoms with van der Waals surface area (Å²) in [7, 11) is -2.74. The van der Waals surface area contributed by atoms with Gasteiger partial charge in [-0.1, -0.05) is 37.3 Å². The van der Waals surface area contributed by atoms with Crippen LogP contribution in [0.3, 0.4) is 0 Å². The summed E-state index contributed by atoms with van der Waals surface area (Å²) in [6.45, 7) is 5.53. The number of hydrazone groups is 1. The van der Waals surface area contributed by atoms with E-state index in [4.69, 9.17) is 4.74 Å². The SMILES string of the molecule is C[C@@H]1[C@@H]([Si](C)(C)O)[C@H](CCO)O[C@@]12C(=O)Nc1ccc(N3N=C(c4ccccc4)CCC3=O)cc12. The molecule has 2 amide bonds. The van der Waals surface area contributed by atoms with Crippen LogP contribution in [-0.2, 0) is 19.9 Å². The third kappa shape index (κ3) is 3.83. The van der Waals surface area contributed by atoms with E-state index in [0.29, 0.717) is 36.2 Å². The molecule has 3 N–H and O–H groups in total. The van der Waals surface area contributed by atoms with E-state index in [1.165, 1.54) is 5.01 Å². The van der Waals surface area contributed by atoms with Crippen molar-refractivity contribution in [1.29, 1.82) is 0 Å². The minimum Gasteiger partial charge on any atom is -0.432 e. The first-order valence-corrected chi connectivity index (χ1v) is 15.1. The van der Waals surface area contributed by atoms with E-state index in [2.05, 4.69) is 10.4 Å². The number of aliphatic hydroxyl groups excluding tert-OH is 1. The van der Waals surface area contributed by atoms with Crippen LogP contribution in [0.1, 0.15) is 37.3 Å². The van der Waals surface area contributed by atoms with E-state index < -0.39 is 20.0 Å². The van der Waals surface area contributed by atoms with Gasteiger partial charge in [-0.2, -0.15) is 5.10 Å². The minimum atomic E-state index is -2.74. The Bertz CT molecular complexity index is 1200. The number of hydrogen-bond acceptors (Lipinski definition) is 6. The van der Waals surface area contributed by atoms with Crippen LogP contribution in [0.5, 0.6) is 0 Å². The summed E-state index contributed by atoms with van der Waals surface area (Å²) in [6.07, 6.45) is 0.798. The van der Waals surface area contributed by atoms with Crippen molar-refractivity contribution in [1.82, 2.24) is 0 Å². The molecule has 0 unspecified atom stereocenters. The van der Waals surface area contributed by atoms with Crippen LogP contribution >= 0.6 is 0 Å². The molecule has 0 radical (unpaired) electrons. The zero-order valence-electron chi connectivity index (χ0n) is 20.2. The van der Waals surface area contributed by atoms with Gasteiger partial charge in [0.2, 0.25) is 5.91 Å². The lowest BCUT2D eigenvalue weighted by atomic mass is 9.82. The smallest absolute Gasteiger partial charge is 0.261 e. The van der Waals surface area contributed by atoms with Gasteiger partial charge in [-0.05, 0) is 43.3 Å². The summed E-state index contributed by atoms with van der Waals surface area (Å²) in [5.41, 5.74) is 2.10. The first-order chi connectivity index (χ1) is 16.7. The van der Waals surface area contributed by atoms with Gasteiger partial charge in [0, 0.05) is 42.2 Å². The molecule has 0 aromatic heterocycles. The molecule has 0 saturated carbocycles. The fourth-order valence-electron chi connectivity index (χ4n) is 6.01. The molecule has 3 heterocycles. The molecule has 1 spiro atoms. The van der Waals surface area contributed by atoms with Crippen LogP contribution < -0.4 is 10.3 Å². The maximum absolute atomic E-state index is 13.4. The fraction of sp³-hybridized carbons (Fsp3) is 0.423. The number of hydrogen-bond donors (Lipinski definition) is 3. The molecule has 0 bridgehead atoms. The number of fused-ring (bicyclic) bond motifs is 2. The van der Waals surface area contributed by atoms with Crippen LogP contribution in [0, 0.1) is 5.92 Å². The molecule has 0 aliphatic carbocycles. The van der Waals surface area contributed by atoms with Crippen LogP contribution in [0.25, 0.3) is 0 Å². The Morgan fingerprint density at radius 2 is 1.91 bits per heavy atom. The largest absolute Gasteiger partial charge is 0.432 e. The number of nitrogens with zero attached hydrogens (tertiary/aromatic N) is 2. The number of aliphatic hydroxyl groups is 1. The maximum Gasteiger partial charge on any atom is 0.261 e. The Balaban J connectivity index is 1.58. The average molecular weight is 494 g/mol. The van der Waals surface area contributed by atoms with Crippen LogP contribution in [-0.4, -0.2) is 48.5 Å². The summed E-state index contributed by atoms with van der Waals surface area (Å²) in [5.74, 6) is -0.710. The first kappa shape index (κ1) is 23.9. The van der Waals surface area contributed by atoms with Gasteiger partial charge in [-0.25, -0.2) is 5.01 Å². The van der Waals surface area contributed by atoms with Crippen molar-refractivity contribution in [3.63, 3.8) is 0 Å². The van der Waals surface area contributed by atoms with Gasteiger partial charge in [0.1, 0.15) is 0 Å². The van der Waals surface area contributed by atoms with Gasteiger partial charge < -0.3 is 20.0 Å². The minimum absolute atomic E-state index is 0.0950. The second kappa shape index (κ2) is 8.67. The molecule has 1 saturated heterocycles. The maximum atomic E-state index is 13.4. The molecule has 35 heavy (non-hydrogen) atoms. The van der Waals surface area contributed by atoms with Gasteiger partial charge >= 0.3 is 0 Å². The molecule has 9 heteroatoms. The van der Waals surface area contributed by atoms with Gasteiger partial charge in [0.05, 0.1) is 17.5 Å². The van der Waals surface area contributed by atoms with Crippen LogP contribution in [0.2, 0.25) is 18.6 Å². The number of amides is 2. The first-order valence-electron chi connectivity index (χ1n) is 12.1. The Labute approximate surface area is 205 Å². The van der Waals surface area contributed by atoms with Gasteiger partial charge in [-0.15, -0.1) is 0 Å². The van der Waals surface area contributed by atoms with E-state index in [0.717, 1.165) is 11.3 Å². The van der Waals surface area contributed by atoms with Crippen molar-refractivity contribution in [2.75, 3.05) is 16.9 Å².